The van der Waals surface area contributed by atoms with Gasteiger partial charge in [0.1, 0.15) is 0 Å². The van der Waals surface area contributed by atoms with E-state index in [0.717, 1.165) is 48.2 Å². The largest absolute Gasteiger partial charge is 0.326 e. The number of aryl methyl sites for hydroxylation is 2. The van der Waals surface area contributed by atoms with Crippen LogP contribution in [0.15, 0.2) is 48.5 Å². The molecule has 0 spiro atoms. The molecule has 29 heavy (non-hydrogen) atoms. The molecule has 1 atom stereocenters. The number of nitrogens with one attached hydrogen (secondary N) is 1. The molecule has 2 aromatic carbocycles. The lowest BCUT2D eigenvalue weighted by molar-refractivity contribution is -0.132. The zero-order valence-corrected chi connectivity index (χ0v) is 17.4. The maximum absolute atomic E-state index is 13.8. The minimum Gasteiger partial charge on any atom is -0.315 e. The normalized spacial score (nSPS) is 23.5. The Labute approximate surface area is 172 Å². The number of carbonyl (C=O) groups is 2. The van der Waals surface area contributed by atoms with Crippen LogP contribution in [0.4, 0.5) is 4.79 Å². The summed E-state index contributed by atoms with van der Waals surface area (Å²) in [5.74, 6) is 0.504. The summed E-state index contributed by atoms with van der Waals surface area (Å²) in [7, 11) is 0. The van der Waals surface area contributed by atoms with Crippen molar-refractivity contribution in [2.75, 3.05) is 19.8 Å². The number of imide groups is 1. The average molecular weight is 392 g/mol. The van der Waals surface area contributed by atoms with E-state index in [4.69, 9.17) is 0 Å². The Kier molecular flexibility index (Phi) is 5.17. The van der Waals surface area contributed by atoms with Crippen molar-refractivity contribution in [3.8, 4) is 0 Å². The maximum Gasteiger partial charge on any atom is 0.326 e. The summed E-state index contributed by atoms with van der Waals surface area (Å²) >= 11 is 0. The van der Waals surface area contributed by atoms with Crippen molar-refractivity contribution >= 4 is 11.9 Å². The highest BCUT2D eigenvalue weighted by molar-refractivity contribution is 6.09. The monoisotopic (exact) mass is 391 g/mol. The number of likely N-dealkylation sites (tertiary alicyclic amines) is 1. The molecule has 4 rings (SSSR count). The molecular weight excluding hydrogens is 362 g/mol. The van der Waals surface area contributed by atoms with Gasteiger partial charge in [-0.25, -0.2) is 9.69 Å². The van der Waals surface area contributed by atoms with Crippen molar-refractivity contribution in [3.05, 3.63) is 70.8 Å². The van der Waals surface area contributed by atoms with Gasteiger partial charge in [-0.05, 0) is 54.9 Å². The molecule has 1 N–H and O–H groups in total. The van der Waals surface area contributed by atoms with E-state index in [0.29, 0.717) is 12.6 Å². The molecule has 2 aromatic rings. The molecule has 0 saturated carbocycles. The fourth-order valence-corrected chi connectivity index (χ4v) is 4.33. The van der Waals surface area contributed by atoms with E-state index >= 15 is 0 Å². The first kappa shape index (κ1) is 19.6. The predicted octanol–water partition coefficient (Wildman–Crippen LogP) is 3.79. The average Bonchev–Trinajstić information content (AvgIpc) is 2.98. The number of amides is 3. The number of urea groups is 1. The van der Waals surface area contributed by atoms with Crippen molar-refractivity contribution in [1.29, 1.82) is 0 Å². The molecular formula is C24H29N3O2. The summed E-state index contributed by atoms with van der Waals surface area (Å²) in [6.45, 7) is 8.51. The Morgan fingerprint density at radius 3 is 2.31 bits per heavy atom. The van der Waals surface area contributed by atoms with Crippen molar-refractivity contribution in [1.82, 2.24) is 15.1 Å². The second-order valence-corrected chi connectivity index (χ2v) is 8.52. The third-order valence-electron chi connectivity index (χ3n) is 6.47. The van der Waals surface area contributed by atoms with Gasteiger partial charge in [0, 0.05) is 13.1 Å². The van der Waals surface area contributed by atoms with Gasteiger partial charge < -0.3 is 5.32 Å². The number of rotatable bonds is 4. The van der Waals surface area contributed by atoms with E-state index in [2.05, 4.69) is 17.1 Å². The fraction of sp³-hybridized carbons (Fsp3) is 0.417. The quantitative estimate of drug-likeness (QED) is 0.807. The zero-order chi connectivity index (χ0) is 20.6. The van der Waals surface area contributed by atoms with Gasteiger partial charge in [0.05, 0.1) is 6.67 Å². The van der Waals surface area contributed by atoms with Crippen LogP contribution in [0.2, 0.25) is 0 Å². The van der Waals surface area contributed by atoms with Crippen LogP contribution in [-0.2, 0) is 10.3 Å². The first-order valence-electron chi connectivity index (χ1n) is 10.4. The second-order valence-electron chi connectivity index (χ2n) is 8.52. The van der Waals surface area contributed by atoms with Crippen LogP contribution in [0.3, 0.4) is 0 Å². The lowest BCUT2D eigenvalue weighted by atomic mass is 9.81. The third kappa shape index (κ3) is 3.44. The fourth-order valence-electron chi connectivity index (χ4n) is 4.33. The van der Waals surface area contributed by atoms with Crippen molar-refractivity contribution < 1.29 is 9.59 Å². The highest BCUT2D eigenvalue weighted by Gasteiger charge is 2.54. The molecule has 2 saturated heterocycles. The Balaban J connectivity index is 1.73. The van der Waals surface area contributed by atoms with E-state index in [1.165, 1.54) is 4.90 Å². The SMILES string of the molecule is Cc1ccc([C@]2(c3ccccc3)NC(=O)N(CN3CCC(C)CC3)C2=O)cc1C. The minimum absolute atomic E-state index is 0.199. The smallest absolute Gasteiger partial charge is 0.315 e. The second kappa shape index (κ2) is 7.64. The van der Waals surface area contributed by atoms with Gasteiger partial charge >= 0.3 is 6.03 Å². The van der Waals surface area contributed by atoms with E-state index in [9.17, 15) is 9.59 Å². The molecule has 5 heteroatoms. The van der Waals surface area contributed by atoms with Crippen LogP contribution in [0, 0.1) is 19.8 Å². The summed E-state index contributed by atoms with van der Waals surface area (Å²) in [5, 5.41) is 3.06. The van der Waals surface area contributed by atoms with Crippen LogP contribution in [0.25, 0.3) is 0 Å². The predicted molar refractivity (Wildman–Crippen MR) is 113 cm³/mol. The van der Waals surface area contributed by atoms with Crippen LogP contribution < -0.4 is 5.32 Å². The molecule has 0 aromatic heterocycles. The first-order valence-corrected chi connectivity index (χ1v) is 10.4. The maximum atomic E-state index is 13.8. The summed E-state index contributed by atoms with van der Waals surface area (Å²) in [5.41, 5.74) is 2.67. The van der Waals surface area contributed by atoms with E-state index in [1.54, 1.807) is 0 Å². The van der Waals surface area contributed by atoms with Crippen LogP contribution in [0.1, 0.15) is 42.0 Å². The van der Waals surface area contributed by atoms with Crippen LogP contribution in [0.5, 0.6) is 0 Å². The molecule has 2 aliphatic rings. The zero-order valence-electron chi connectivity index (χ0n) is 17.4. The highest BCUT2D eigenvalue weighted by atomic mass is 16.2. The van der Waals surface area contributed by atoms with Gasteiger partial charge in [-0.2, -0.15) is 0 Å². The van der Waals surface area contributed by atoms with Crippen molar-refractivity contribution in [2.24, 2.45) is 5.92 Å². The number of hydrogen-bond acceptors (Lipinski definition) is 3. The minimum atomic E-state index is -1.18. The number of benzene rings is 2. The number of piperidine rings is 1. The number of carbonyl (C=O) groups excluding carboxylic acids is 2. The molecule has 0 bridgehead atoms. The van der Waals surface area contributed by atoms with E-state index in [-0.39, 0.29) is 11.9 Å². The van der Waals surface area contributed by atoms with Gasteiger partial charge in [-0.3, -0.25) is 9.69 Å². The molecule has 2 aliphatic heterocycles. The van der Waals surface area contributed by atoms with Gasteiger partial charge in [-0.1, -0.05) is 55.5 Å². The molecule has 2 heterocycles. The highest BCUT2D eigenvalue weighted by Crippen LogP contribution is 2.37. The molecule has 0 aliphatic carbocycles. The van der Waals surface area contributed by atoms with E-state index < -0.39 is 5.54 Å². The molecule has 152 valence electrons. The Hall–Kier alpha value is -2.66. The Morgan fingerprint density at radius 2 is 1.66 bits per heavy atom. The Morgan fingerprint density at radius 1 is 0.966 bits per heavy atom. The van der Waals surface area contributed by atoms with E-state index in [1.807, 2.05) is 62.4 Å². The van der Waals surface area contributed by atoms with Gasteiger partial charge in [0.2, 0.25) is 0 Å². The first-order chi connectivity index (χ1) is 13.9. The molecule has 0 radical (unpaired) electrons. The summed E-state index contributed by atoms with van der Waals surface area (Å²) in [4.78, 5) is 30.4. The van der Waals surface area contributed by atoms with Crippen molar-refractivity contribution in [2.45, 2.75) is 39.2 Å². The van der Waals surface area contributed by atoms with Gasteiger partial charge in [-0.15, -0.1) is 0 Å². The standard InChI is InChI=1S/C24H29N3O2/c1-17-11-13-26(14-12-17)16-27-22(28)24(25-23(27)29,20-7-5-4-6-8-20)21-10-9-18(2)19(3)15-21/h4-10,15,17H,11-14,16H2,1-3H3,(H,25,29)/t24-/m0/s1. The summed E-state index contributed by atoms with van der Waals surface area (Å²) in [6.07, 6.45) is 2.20. The molecule has 2 fully saturated rings. The lowest BCUT2D eigenvalue weighted by Gasteiger charge is -2.33. The summed E-state index contributed by atoms with van der Waals surface area (Å²) in [6, 6.07) is 15.2. The van der Waals surface area contributed by atoms with Gasteiger partial charge in [0.25, 0.3) is 5.91 Å². The molecule has 0 unspecified atom stereocenters. The van der Waals surface area contributed by atoms with Gasteiger partial charge in [0.15, 0.2) is 5.54 Å². The molecule has 5 nitrogen and oxygen atoms in total. The van der Waals surface area contributed by atoms with Crippen LogP contribution >= 0.6 is 0 Å². The third-order valence-corrected chi connectivity index (χ3v) is 6.47. The summed E-state index contributed by atoms with van der Waals surface area (Å²) < 4.78 is 0. The van der Waals surface area contributed by atoms with Crippen molar-refractivity contribution in [3.63, 3.8) is 0 Å². The Bertz CT molecular complexity index is 919. The lowest BCUT2D eigenvalue weighted by Crippen LogP contribution is -2.47. The topological polar surface area (TPSA) is 52.7 Å². The van der Waals surface area contributed by atoms with Crippen LogP contribution in [-0.4, -0.2) is 41.5 Å². The number of nitrogens with zero attached hydrogens (tertiary/aromatic N) is 2. The molecule has 3 amide bonds. The number of hydrogen-bond donors (Lipinski definition) is 1.